The fourth-order valence-corrected chi connectivity index (χ4v) is 4.86. The van der Waals surface area contributed by atoms with Gasteiger partial charge in [0, 0.05) is 17.8 Å². The number of ketones is 1. The summed E-state index contributed by atoms with van der Waals surface area (Å²) in [6.07, 6.45) is 0. The van der Waals surface area contributed by atoms with Crippen LogP contribution in [-0.4, -0.2) is 48.7 Å². The summed E-state index contributed by atoms with van der Waals surface area (Å²) < 4.78 is 45.2. The first-order valence-corrected chi connectivity index (χ1v) is 10.7. The third kappa shape index (κ3) is 4.40. The Kier molecular flexibility index (Phi) is 6.97. The lowest BCUT2D eigenvalue weighted by molar-refractivity contribution is 0.0519. The van der Waals surface area contributed by atoms with Crippen LogP contribution < -0.4 is 0 Å². The minimum Gasteiger partial charge on any atom is -0.461 e. The number of halogens is 1. The van der Waals surface area contributed by atoms with Crippen LogP contribution in [0.15, 0.2) is 29.2 Å². The summed E-state index contributed by atoms with van der Waals surface area (Å²) in [4.78, 5) is 28.0. The molecule has 1 N–H and O–H groups in total. The van der Waals surface area contributed by atoms with E-state index in [0.717, 1.165) is 28.6 Å². The third-order valence-corrected chi connectivity index (χ3v) is 6.77. The summed E-state index contributed by atoms with van der Waals surface area (Å²) in [5.41, 5.74) is 1.29. The number of carbonyl (C=O) groups is 2. The Morgan fingerprint density at radius 3 is 2.28 bits per heavy atom. The molecule has 1 heterocycles. The molecule has 1 atom stereocenters. The second kappa shape index (κ2) is 8.87. The number of benzene rings is 1. The summed E-state index contributed by atoms with van der Waals surface area (Å²) in [5, 5.41) is 0. The molecule has 1 aromatic heterocycles. The molecule has 0 amide bonds. The molecule has 29 heavy (non-hydrogen) atoms. The molecule has 0 spiro atoms. The number of nitrogens with zero attached hydrogens (tertiary/aromatic N) is 1. The van der Waals surface area contributed by atoms with Crippen LogP contribution in [0.5, 0.6) is 0 Å². The summed E-state index contributed by atoms with van der Waals surface area (Å²) in [6.45, 7) is 8.27. The van der Waals surface area contributed by atoms with Gasteiger partial charge in [-0.2, -0.15) is 4.31 Å². The van der Waals surface area contributed by atoms with Crippen LogP contribution in [0.4, 0.5) is 4.39 Å². The van der Waals surface area contributed by atoms with Crippen molar-refractivity contribution in [3.63, 3.8) is 0 Å². The van der Waals surface area contributed by atoms with E-state index in [4.69, 9.17) is 4.74 Å². The fourth-order valence-electron chi connectivity index (χ4n) is 3.26. The standard InChI is InChI=1S/C20H25FN2O5S/c1-6-23(29(26,27)16-10-8-15(21)9-11-16)14(5)19(24)17-12(3)18(22-13(17)4)20(25)28-7-2/h8-11,14,22H,6-7H2,1-5H3. The molecule has 9 heteroatoms. The van der Waals surface area contributed by atoms with Gasteiger partial charge in [-0.05, 0) is 57.5 Å². The Morgan fingerprint density at radius 1 is 1.17 bits per heavy atom. The Hall–Kier alpha value is -2.52. The first-order valence-electron chi connectivity index (χ1n) is 9.24. The van der Waals surface area contributed by atoms with Crippen LogP contribution in [0.1, 0.15) is 52.9 Å². The van der Waals surface area contributed by atoms with Crippen LogP contribution >= 0.6 is 0 Å². The Bertz CT molecular complexity index is 1010. The molecule has 0 aliphatic rings. The van der Waals surface area contributed by atoms with Crippen molar-refractivity contribution in [3.8, 4) is 0 Å². The van der Waals surface area contributed by atoms with E-state index >= 15 is 0 Å². The first-order chi connectivity index (χ1) is 13.6. The predicted molar refractivity (Wildman–Crippen MR) is 106 cm³/mol. The van der Waals surface area contributed by atoms with Crippen LogP contribution in [0.25, 0.3) is 0 Å². The van der Waals surface area contributed by atoms with Crippen molar-refractivity contribution >= 4 is 21.8 Å². The van der Waals surface area contributed by atoms with Gasteiger partial charge in [-0.1, -0.05) is 6.92 Å². The van der Waals surface area contributed by atoms with E-state index in [1.165, 1.54) is 6.92 Å². The lowest BCUT2D eigenvalue weighted by Crippen LogP contribution is -2.43. The maximum Gasteiger partial charge on any atom is 0.355 e. The number of carbonyl (C=O) groups excluding carboxylic acids is 2. The van der Waals surface area contributed by atoms with Gasteiger partial charge in [0.05, 0.1) is 17.5 Å². The van der Waals surface area contributed by atoms with E-state index in [9.17, 15) is 22.4 Å². The average Bonchev–Trinajstić information content (AvgIpc) is 2.96. The van der Waals surface area contributed by atoms with Gasteiger partial charge >= 0.3 is 5.97 Å². The first kappa shape index (κ1) is 22.8. The van der Waals surface area contributed by atoms with Crippen molar-refractivity contribution in [3.05, 3.63) is 52.6 Å². The van der Waals surface area contributed by atoms with Gasteiger partial charge in [0.2, 0.25) is 10.0 Å². The molecule has 0 fully saturated rings. The average molecular weight is 424 g/mol. The largest absolute Gasteiger partial charge is 0.461 e. The zero-order chi connectivity index (χ0) is 21.9. The summed E-state index contributed by atoms with van der Waals surface area (Å²) >= 11 is 0. The number of aryl methyl sites for hydroxylation is 1. The fraction of sp³-hybridized carbons (Fsp3) is 0.400. The van der Waals surface area contributed by atoms with Gasteiger partial charge in [-0.25, -0.2) is 17.6 Å². The number of Topliss-reactive ketones (excluding diaryl/α,β-unsaturated/α-hetero) is 1. The quantitative estimate of drug-likeness (QED) is 0.518. The van der Waals surface area contributed by atoms with Gasteiger partial charge in [0.1, 0.15) is 11.5 Å². The molecule has 1 aromatic carbocycles. The monoisotopic (exact) mass is 424 g/mol. The lowest BCUT2D eigenvalue weighted by atomic mass is 10.0. The Balaban J connectivity index is 2.42. The number of aromatic amines is 1. The van der Waals surface area contributed by atoms with E-state index in [1.807, 2.05) is 0 Å². The van der Waals surface area contributed by atoms with Crippen LogP contribution in [0.3, 0.4) is 0 Å². The van der Waals surface area contributed by atoms with E-state index in [2.05, 4.69) is 4.98 Å². The molecule has 158 valence electrons. The number of hydrogen-bond acceptors (Lipinski definition) is 5. The second-order valence-corrected chi connectivity index (χ2v) is 8.44. The SMILES string of the molecule is CCOC(=O)c1[nH]c(C)c(C(=O)C(C)N(CC)S(=O)(=O)c2ccc(F)cc2)c1C. The van der Waals surface area contributed by atoms with E-state index < -0.39 is 33.6 Å². The molecule has 2 aromatic rings. The van der Waals surface area contributed by atoms with Gasteiger partial charge in [0.15, 0.2) is 5.78 Å². The molecular formula is C20H25FN2O5S. The Morgan fingerprint density at radius 2 is 1.76 bits per heavy atom. The topological polar surface area (TPSA) is 96.5 Å². The Labute approximate surface area is 169 Å². The number of nitrogens with one attached hydrogen (secondary N) is 1. The van der Waals surface area contributed by atoms with Crippen molar-refractivity contribution in [2.45, 2.75) is 45.6 Å². The van der Waals surface area contributed by atoms with Gasteiger partial charge < -0.3 is 9.72 Å². The lowest BCUT2D eigenvalue weighted by Gasteiger charge is -2.26. The van der Waals surface area contributed by atoms with Crippen molar-refractivity contribution in [1.29, 1.82) is 0 Å². The van der Waals surface area contributed by atoms with Gasteiger partial charge in [-0.15, -0.1) is 0 Å². The third-order valence-electron chi connectivity index (χ3n) is 4.71. The molecule has 1 unspecified atom stereocenters. The van der Waals surface area contributed by atoms with Gasteiger partial charge in [-0.3, -0.25) is 4.79 Å². The van der Waals surface area contributed by atoms with Crippen molar-refractivity contribution < 1.29 is 27.1 Å². The number of hydrogen-bond donors (Lipinski definition) is 1. The normalized spacial score (nSPS) is 12.8. The highest BCUT2D eigenvalue weighted by atomic mass is 32.2. The van der Waals surface area contributed by atoms with Crippen LogP contribution in [-0.2, 0) is 14.8 Å². The number of ether oxygens (including phenoxy) is 1. The second-order valence-electron chi connectivity index (χ2n) is 6.55. The van der Waals surface area contributed by atoms with E-state index in [0.29, 0.717) is 11.3 Å². The molecule has 7 nitrogen and oxygen atoms in total. The molecular weight excluding hydrogens is 399 g/mol. The minimum atomic E-state index is -4.02. The highest BCUT2D eigenvalue weighted by Gasteiger charge is 2.34. The zero-order valence-electron chi connectivity index (χ0n) is 17.1. The highest BCUT2D eigenvalue weighted by molar-refractivity contribution is 7.89. The number of sulfonamides is 1. The minimum absolute atomic E-state index is 0.0415. The number of H-pyrrole nitrogens is 1. The molecule has 0 bridgehead atoms. The van der Waals surface area contributed by atoms with Gasteiger partial charge in [0.25, 0.3) is 0 Å². The molecule has 2 rings (SSSR count). The predicted octanol–water partition coefficient (Wildman–Crippen LogP) is 3.23. The summed E-state index contributed by atoms with van der Waals surface area (Å²) in [7, 11) is -4.02. The highest BCUT2D eigenvalue weighted by Crippen LogP contribution is 2.25. The van der Waals surface area contributed by atoms with Crippen LogP contribution in [0, 0.1) is 19.7 Å². The van der Waals surface area contributed by atoms with Crippen molar-refractivity contribution in [2.24, 2.45) is 0 Å². The molecule has 0 aliphatic carbocycles. The maximum atomic E-state index is 13.2. The van der Waals surface area contributed by atoms with Crippen molar-refractivity contribution in [2.75, 3.05) is 13.2 Å². The number of aromatic nitrogens is 1. The molecule has 0 saturated carbocycles. The molecule has 0 saturated heterocycles. The van der Waals surface area contributed by atoms with E-state index in [1.54, 1.807) is 27.7 Å². The van der Waals surface area contributed by atoms with E-state index in [-0.39, 0.29) is 29.3 Å². The maximum absolute atomic E-state index is 13.2. The number of likely N-dealkylation sites (N-methyl/N-ethyl adjacent to an activating group) is 1. The summed E-state index contributed by atoms with van der Waals surface area (Å²) in [6, 6.07) is 3.41. The number of rotatable bonds is 8. The zero-order valence-corrected chi connectivity index (χ0v) is 17.9. The molecule has 0 aliphatic heterocycles. The van der Waals surface area contributed by atoms with Crippen LogP contribution in [0.2, 0.25) is 0 Å². The smallest absolute Gasteiger partial charge is 0.355 e. The number of esters is 1. The summed E-state index contributed by atoms with van der Waals surface area (Å²) in [5.74, 6) is -1.58. The molecule has 0 radical (unpaired) electrons. The van der Waals surface area contributed by atoms with Crippen molar-refractivity contribution in [1.82, 2.24) is 9.29 Å².